The van der Waals surface area contributed by atoms with E-state index in [4.69, 9.17) is 9.47 Å². The van der Waals surface area contributed by atoms with Crippen molar-refractivity contribution in [1.82, 2.24) is 15.3 Å². The smallest absolute Gasteiger partial charge is 0.159 e. The molecule has 5 heteroatoms. The van der Waals surface area contributed by atoms with Gasteiger partial charge in [0.05, 0.1) is 19.5 Å². The van der Waals surface area contributed by atoms with Gasteiger partial charge in [-0.25, -0.2) is 9.97 Å². The van der Waals surface area contributed by atoms with E-state index in [1.165, 1.54) is 0 Å². The van der Waals surface area contributed by atoms with E-state index < -0.39 is 0 Å². The molecule has 0 aliphatic rings. The second-order valence-corrected chi connectivity index (χ2v) is 4.48. The summed E-state index contributed by atoms with van der Waals surface area (Å²) in [6.07, 6.45) is 3.37. The minimum atomic E-state index is 0.285. The molecule has 0 spiro atoms. The topological polar surface area (TPSA) is 56.3 Å². The van der Waals surface area contributed by atoms with Gasteiger partial charge in [0.1, 0.15) is 12.4 Å². The molecule has 0 radical (unpaired) electrons. The van der Waals surface area contributed by atoms with E-state index in [1.54, 1.807) is 19.5 Å². The first-order valence-corrected chi connectivity index (χ1v) is 6.49. The fourth-order valence-corrected chi connectivity index (χ4v) is 1.61. The third-order valence-electron chi connectivity index (χ3n) is 2.95. The first kappa shape index (κ1) is 14.3. The van der Waals surface area contributed by atoms with Gasteiger partial charge < -0.3 is 14.8 Å². The Hall–Kier alpha value is -2.14. The number of methoxy groups -OCH3 is 1. The molecule has 1 unspecified atom stereocenters. The van der Waals surface area contributed by atoms with Gasteiger partial charge in [-0.05, 0) is 26.1 Å². The summed E-state index contributed by atoms with van der Waals surface area (Å²) < 4.78 is 10.8. The van der Waals surface area contributed by atoms with E-state index in [0.717, 1.165) is 11.3 Å². The molecule has 0 aliphatic heterocycles. The molecule has 0 saturated heterocycles. The molecular formula is C15H19N3O2. The van der Waals surface area contributed by atoms with Crippen LogP contribution >= 0.6 is 0 Å². The van der Waals surface area contributed by atoms with Gasteiger partial charge in [-0.15, -0.1) is 0 Å². The highest BCUT2D eigenvalue weighted by Crippen LogP contribution is 2.21. The highest BCUT2D eigenvalue weighted by Gasteiger charge is 2.04. The summed E-state index contributed by atoms with van der Waals surface area (Å²) in [5, 5.41) is 3.11. The van der Waals surface area contributed by atoms with E-state index in [-0.39, 0.29) is 6.04 Å². The minimum absolute atomic E-state index is 0.285. The second-order valence-electron chi connectivity index (χ2n) is 4.48. The molecule has 5 nitrogen and oxygen atoms in total. The average molecular weight is 273 g/mol. The predicted octanol–water partition coefficient (Wildman–Crippen LogP) is 2.14. The van der Waals surface area contributed by atoms with Crippen molar-refractivity contribution in [3.8, 4) is 22.9 Å². The fraction of sp³-hybridized carbons (Fsp3) is 0.333. The zero-order valence-corrected chi connectivity index (χ0v) is 12.0. The normalized spacial score (nSPS) is 11.9. The van der Waals surface area contributed by atoms with E-state index in [0.29, 0.717) is 18.2 Å². The van der Waals surface area contributed by atoms with Crippen LogP contribution in [0.2, 0.25) is 0 Å². The predicted molar refractivity (Wildman–Crippen MR) is 78.0 cm³/mol. The lowest BCUT2D eigenvalue weighted by molar-refractivity contribution is 0.278. The quantitative estimate of drug-likeness (QED) is 0.874. The number of ether oxygens (including phenoxy) is 2. The molecule has 0 saturated carbocycles. The van der Waals surface area contributed by atoms with Crippen LogP contribution in [-0.4, -0.2) is 36.8 Å². The van der Waals surface area contributed by atoms with E-state index in [9.17, 15) is 0 Å². The Bertz CT molecular complexity index is 543. The third kappa shape index (κ3) is 3.68. The monoisotopic (exact) mass is 273 g/mol. The molecule has 1 aromatic heterocycles. The Morgan fingerprint density at radius 3 is 2.60 bits per heavy atom. The lowest BCUT2D eigenvalue weighted by Crippen LogP contribution is -2.28. The summed E-state index contributed by atoms with van der Waals surface area (Å²) in [4.78, 5) is 8.63. The Morgan fingerprint density at radius 2 is 1.95 bits per heavy atom. The number of benzene rings is 1. The van der Waals surface area contributed by atoms with Crippen LogP contribution in [0.5, 0.6) is 11.5 Å². The molecule has 20 heavy (non-hydrogen) atoms. The number of rotatable bonds is 6. The van der Waals surface area contributed by atoms with Crippen LogP contribution in [0.15, 0.2) is 36.7 Å². The van der Waals surface area contributed by atoms with Crippen LogP contribution in [-0.2, 0) is 0 Å². The number of hydrogen-bond donors (Lipinski definition) is 1. The molecule has 0 bridgehead atoms. The van der Waals surface area contributed by atoms with Gasteiger partial charge in [0.2, 0.25) is 0 Å². The summed E-state index contributed by atoms with van der Waals surface area (Å²) >= 11 is 0. The number of aromatic nitrogens is 2. The molecule has 1 aromatic carbocycles. The summed E-state index contributed by atoms with van der Waals surface area (Å²) in [5.74, 6) is 2.10. The molecule has 106 valence electrons. The van der Waals surface area contributed by atoms with Crippen LogP contribution in [0.1, 0.15) is 6.92 Å². The molecule has 2 rings (SSSR count). The van der Waals surface area contributed by atoms with Gasteiger partial charge in [0.15, 0.2) is 11.6 Å². The molecule has 0 amide bonds. The highest BCUT2D eigenvalue weighted by atomic mass is 16.5. The number of nitrogens with zero attached hydrogens (tertiary/aromatic N) is 2. The van der Waals surface area contributed by atoms with Crippen LogP contribution < -0.4 is 14.8 Å². The maximum Gasteiger partial charge on any atom is 0.159 e. The van der Waals surface area contributed by atoms with E-state index >= 15 is 0 Å². The number of likely N-dealkylation sites (N-methyl/N-ethyl adjacent to an activating group) is 1. The maximum absolute atomic E-state index is 5.58. The second kappa shape index (κ2) is 6.86. The van der Waals surface area contributed by atoms with Crippen LogP contribution in [0.3, 0.4) is 0 Å². The first-order valence-electron chi connectivity index (χ1n) is 6.49. The van der Waals surface area contributed by atoms with Gasteiger partial charge in [-0.3, -0.25) is 0 Å². The third-order valence-corrected chi connectivity index (χ3v) is 2.95. The Labute approximate surface area is 119 Å². The van der Waals surface area contributed by atoms with Crippen molar-refractivity contribution in [2.75, 3.05) is 20.8 Å². The molecule has 0 aliphatic carbocycles. The minimum Gasteiger partial charge on any atom is -0.497 e. The van der Waals surface area contributed by atoms with Gasteiger partial charge in [0.25, 0.3) is 0 Å². The molecule has 0 fully saturated rings. The summed E-state index contributed by atoms with van der Waals surface area (Å²) in [5.41, 5.74) is 0.916. The maximum atomic E-state index is 5.58. The van der Waals surface area contributed by atoms with Crippen molar-refractivity contribution in [2.45, 2.75) is 13.0 Å². The van der Waals surface area contributed by atoms with Crippen molar-refractivity contribution in [3.05, 3.63) is 36.7 Å². The van der Waals surface area contributed by atoms with Gasteiger partial charge in [0, 0.05) is 11.6 Å². The first-order chi connectivity index (χ1) is 9.72. The van der Waals surface area contributed by atoms with Crippen molar-refractivity contribution >= 4 is 0 Å². The molecule has 1 N–H and O–H groups in total. The fourth-order valence-electron chi connectivity index (χ4n) is 1.61. The molecular weight excluding hydrogens is 254 g/mol. The van der Waals surface area contributed by atoms with Crippen molar-refractivity contribution in [2.24, 2.45) is 0 Å². The van der Waals surface area contributed by atoms with Gasteiger partial charge in [-0.2, -0.15) is 0 Å². The van der Waals surface area contributed by atoms with Crippen LogP contribution in [0, 0.1) is 0 Å². The van der Waals surface area contributed by atoms with Crippen LogP contribution in [0.4, 0.5) is 0 Å². The molecule has 1 atom stereocenters. The average Bonchev–Trinajstić information content (AvgIpc) is 2.53. The van der Waals surface area contributed by atoms with Crippen molar-refractivity contribution in [3.63, 3.8) is 0 Å². The summed E-state index contributed by atoms with van der Waals surface area (Å²) in [7, 11) is 3.54. The number of nitrogens with one attached hydrogen (secondary N) is 1. The van der Waals surface area contributed by atoms with Crippen molar-refractivity contribution in [1.29, 1.82) is 0 Å². The zero-order chi connectivity index (χ0) is 14.4. The van der Waals surface area contributed by atoms with Gasteiger partial charge in [-0.1, -0.05) is 12.1 Å². The molecule has 2 aromatic rings. The Balaban J connectivity index is 2.07. The summed E-state index contributed by atoms with van der Waals surface area (Å²) in [6.45, 7) is 2.63. The highest BCUT2D eigenvalue weighted by molar-refractivity contribution is 5.57. The lowest BCUT2D eigenvalue weighted by atomic mass is 10.2. The number of hydrogen-bond acceptors (Lipinski definition) is 5. The molecule has 1 heterocycles. The van der Waals surface area contributed by atoms with Gasteiger partial charge >= 0.3 is 0 Å². The van der Waals surface area contributed by atoms with E-state index in [2.05, 4.69) is 15.3 Å². The zero-order valence-electron chi connectivity index (χ0n) is 12.0. The standard InChI is InChI=1S/C15H19N3O2/c1-11(16-2)10-20-14-8-17-15(18-9-14)12-5-4-6-13(7-12)19-3/h4-9,11,16H,10H2,1-3H3. The SMILES string of the molecule is CNC(C)COc1cnc(-c2cccc(OC)c2)nc1. The summed E-state index contributed by atoms with van der Waals surface area (Å²) in [6, 6.07) is 7.94. The largest absolute Gasteiger partial charge is 0.497 e. The Kier molecular flexibility index (Phi) is 4.90. The van der Waals surface area contributed by atoms with E-state index in [1.807, 2.05) is 38.2 Å². The van der Waals surface area contributed by atoms with Crippen molar-refractivity contribution < 1.29 is 9.47 Å². The lowest BCUT2D eigenvalue weighted by Gasteiger charge is -2.11. The van der Waals surface area contributed by atoms with Crippen LogP contribution in [0.25, 0.3) is 11.4 Å². The Morgan fingerprint density at radius 1 is 1.20 bits per heavy atom.